The summed E-state index contributed by atoms with van der Waals surface area (Å²) in [7, 11) is 0. The Morgan fingerprint density at radius 3 is 0.833 bits per heavy atom. The van der Waals surface area contributed by atoms with Crippen LogP contribution in [-0.2, 0) is 17.1 Å². The van der Waals surface area contributed by atoms with Crippen LogP contribution in [0.3, 0.4) is 0 Å². The molecule has 0 aliphatic carbocycles. The van der Waals surface area contributed by atoms with Gasteiger partial charge in [0.15, 0.2) is 0 Å². The second-order valence-corrected chi connectivity index (χ2v) is 3.86. The van der Waals surface area contributed by atoms with Crippen LogP contribution >= 0.6 is 46.4 Å². The molecule has 0 fully saturated rings. The monoisotopic (exact) mass is 208 g/mol. The van der Waals surface area contributed by atoms with Crippen LogP contribution in [0, 0.1) is 0 Å². The Bertz CT molecular complexity index is 23.0. The number of alkyl halides is 4. The van der Waals surface area contributed by atoms with Gasteiger partial charge in [0.2, 0.25) is 0 Å². The van der Waals surface area contributed by atoms with E-state index in [0.29, 0.717) is 0 Å². The molecule has 0 rings (SSSR count). The third-order valence-electron chi connectivity index (χ3n) is 0. The van der Waals surface area contributed by atoms with Crippen LogP contribution in [0.4, 0.5) is 0 Å². The molecular weight excluding hydrogens is 210 g/mol. The molecule has 0 saturated carbocycles. The molecule has 6 heavy (non-hydrogen) atoms. The molecule has 0 N–H and O–H groups in total. The average Bonchev–Trinajstić information content (AvgIpc) is 0.722. The summed E-state index contributed by atoms with van der Waals surface area (Å²) in [6.07, 6.45) is 0. The van der Waals surface area contributed by atoms with Crippen molar-refractivity contribution in [2.75, 3.05) is 0 Å². The van der Waals surface area contributed by atoms with Crippen LogP contribution in [0.1, 0.15) is 0 Å². The summed E-state index contributed by atoms with van der Waals surface area (Å²) in [5.74, 6) is 0. The Kier molecular flexibility index (Phi) is 6.47. The van der Waals surface area contributed by atoms with Gasteiger partial charge in [0.25, 0.3) is 3.25 Å². The minimum Gasteiger partial charge on any atom is -0.0664 e. The Hall–Kier alpha value is 1.68. The Balaban J connectivity index is 0. The van der Waals surface area contributed by atoms with Gasteiger partial charge < -0.3 is 0 Å². The molecule has 0 unspecified atom stereocenters. The SMILES string of the molecule is ClC(Cl)(Cl)Cl.[Fe]. The molecular formula is CCl4Fe. The topological polar surface area (TPSA) is 0 Å². The summed E-state index contributed by atoms with van der Waals surface area (Å²) >= 11 is 19.3. The maximum absolute atomic E-state index is 4.83. The molecule has 0 aliphatic heterocycles. The molecule has 0 atom stereocenters. The van der Waals surface area contributed by atoms with Crippen molar-refractivity contribution in [1.29, 1.82) is 0 Å². The molecule has 0 bridgehead atoms. The molecule has 0 amide bonds. The summed E-state index contributed by atoms with van der Waals surface area (Å²) in [6.45, 7) is 0. The summed E-state index contributed by atoms with van der Waals surface area (Å²) in [5.41, 5.74) is 0. The minimum absolute atomic E-state index is 0. The first kappa shape index (κ1) is 10.6. The fourth-order valence-corrected chi connectivity index (χ4v) is 0. The molecule has 0 aromatic carbocycles. The first-order valence-corrected chi connectivity index (χ1v) is 2.27. The third-order valence-corrected chi connectivity index (χ3v) is 0. The van der Waals surface area contributed by atoms with E-state index in [1.165, 1.54) is 0 Å². The quantitative estimate of drug-likeness (QED) is 0.425. The molecule has 5 heteroatoms. The van der Waals surface area contributed by atoms with Gasteiger partial charge in [0.05, 0.1) is 0 Å². The fourth-order valence-electron chi connectivity index (χ4n) is 0. The second kappa shape index (κ2) is 3.65. The van der Waals surface area contributed by atoms with Gasteiger partial charge >= 0.3 is 0 Å². The summed E-state index contributed by atoms with van der Waals surface area (Å²) in [5, 5.41) is 0. The van der Waals surface area contributed by atoms with Gasteiger partial charge in [-0.05, 0) is 0 Å². The third kappa shape index (κ3) is 44.1. The first-order valence-electron chi connectivity index (χ1n) is 0.756. The Labute approximate surface area is 66.5 Å². The zero-order chi connectivity index (χ0) is 4.50. The number of hydrogen-bond acceptors (Lipinski definition) is 0. The van der Waals surface area contributed by atoms with Gasteiger partial charge in [-0.1, -0.05) is 46.4 Å². The Morgan fingerprint density at radius 2 is 0.833 bits per heavy atom. The van der Waals surface area contributed by atoms with Crippen molar-refractivity contribution < 1.29 is 17.1 Å². The van der Waals surface area contributed by atoms with Crippen LogP contribution in [0.15, 0.2) is 0 Å². The average molecular weight is 210 g/mol. The van der Waals surface area contributed by atoms with E-state index < -0.39 is 3.25 Å². The zero-order valence-corrected chi connectivity index (χ0v) is 6.49. The van der Waals surface area contributed by atoms with E-state index in [0.717, 1.165) is 0 Å². The van der Waals surface area contributed by atoms with Crippen LogP contribution in [0.5, 0.6) is 0 Å². The number of hydrogen-bond donors (Lipinski definition) is 0. The van der Waals surface area contributed by atoms with Gasteiger partial charge in [0.1, 0.15) is 0 Å². The van der Waals surface area contributed by atoms with Crippen molar-refractivity contribution in [2.45, 2.75) is 3.25 Å². The van der Waals surface area contributed by atoms with E-state index in [4.69, 9.17) is 46.4 Å². The number of halogens is 4. The summed E-state index contributed by atoms with van der Waals surface area (Å²) in [4.78, 5) is 0. The van der Waals surface area contributed by atoms with Gasteiger partial charge in [-0.25, -0.2) is 0 Å². The molecule has 0 spiro atoms. The maximum Gasteiger partial charge on any atom is 0.266 e. The molecule has 40 valence electrons. The molecule has 0 saturated heterocycles. The maximum atomic E-state index is 4.83. The second-order valence-electron chi connectivity index (χ2n) is 0.429. The molecule has 0 heterocycles. The molecule has 0 aromatic rings. The van der Waals surface area contributed by atoms with Gasteiger partial charge in [-0.15, -0.1) is 0 Å². The largest absolute Gasteiger partial charge is 0.266 e. The summed E-state index contributed by atoms with van der Waals surface area (Å²) < 4.78 is -1.61. The van der Waals surface area contributed by atoms with Crippen molar-refractivity contribution >= 4 is 46.4 Å². The van der Waals surface area contributed by atoms with E-state index in [9.17, 15) is 0 Å². The first-order chi connectivity index (χ1) is 2.00. The Morgan fingerprint density at radius 1 is 0.833 bits per heavy atom. The molecule has 0 aliphatic rings. The van der Waals surface area contributed by atoms with Gasteiger partial charge in [0, 0.05) is 17.1 Å². The van der Waals surface area contributed by atoms with Crippen LogP contribution in [0.25, 0.3) is 0 Å². The van der Waals surface area contributed by atoms with Crippen LogP contribution < -0.4 is 0 Å². The van der Waals surface area contributed by atoms with E-state index in [2.05, 4.69) is 0 Å². The van der Waals surface area contributed by atoms with Crippen molar-refractivity contribution in [3.05, 3.63) is 0 Å². The van der Waals surface area contributed by atoms with Gasteiger partial charge in [-0.2, -0.15) is 0 Å². The van der Waals surface area contributed by atoms with Gasteiger partial charge in [-0.3, -0.25) is 0 Å². The molecule has 0 aromatic heterocycles. The molecule has 0 nitrogen and oxygen atoms in total. The van der Waals surface area contributed by atoms with E-state index in [1.807, 2.05) is 0 Å². The molecule has 0 radical (unpaired) electrons. The van der Waals surface area contributed by atoms with E-state index >= 15 is 0 Å². The summed E-state index contributed by atoms with van der Waals surface area (Å²) in [6, 6.07) is 0. The normalized spacial score (nSPS) is 10.0. The van der Waals surface area contributed by atoms with Crippen LogP contribution in [0.2, 0.25) is 0 Å². The van der Waals surface area contributed by atoms with Crippen molar-refractivity contribution in [3.8, 4) is 0 Å². The van der Waals surface area contributed by atoms with Crippen LogP contribution in [-0.4, -0.2) is 3.25 Å². The number of rotatable bonds is 0. The minimum atomic E-state index is -1.61. The van der Waals surface area contributed by atoms with Crippen molar-refractivity contribution in [3.63, 3.8) is 0 Å². The van der Waals surface area contributed by atoms with E-state index in [-0.39, 0.29) is 17.1 Å². The smallest absolute Gasteiger partial charge is 0.0664 e. The zero-order valence-electron chi connectivity index (χ0n) is 2.37. The standard InChI is InChI=1S/CCl4.Fe/c2-1(3,4)5;. The van der Waals surface area contributed by atoms with Crippen molar-refractivity contribution in [1.82, 2.24) is 0 Å². The fraction of sp³-hybridized carbons (Fsp3) is 1.00. The predicted octanol–water partition coefficient (Wildman–Crippen LogP) is 2.55. The predicted molar refractivity (Wildman–Crippen MR) is 26.1 cm³/mol. The van der Waals surface area contributed by atoms with E-state index in [1.54, 1.807) is 0 Å². The van der Waals surface area contributed by atoms with Crippen molar-refractivity contribution in [2.24, 2.45) is 0 Å².